The van der Waals surface area contributed by atoms with Crippen molar-refractivity contribution in [2.24, 2.45) is 0 Å². The van der Waals surface area contributed by atoms with E-state index in [1.54, 1.807) is 0 Å². The molecule has 0 aromatic heterocycles. The van der Waals surface area contributed by atoms with Crippen LogP contribution in [0, 0.1) is 0 Å². The van der Waals surface area contributed by atoms with Crippen LogP contribution in [0.1, 0.15) is 5.56 Å². The third-order valence-corrected chi connectivity index (χ3v) is 3.59. The van der Waals surface area contributed by atoms with E-state index in [9.17, 15) is 5.11 Å². The first-order valence-electron chi connectivity index (χ1n) is 6.15. The lowest BCUT2D eigenvalue weighted by Gasteiger charge is -2.35. The minimum atomic E-state index is -0.0832. The van der Waals surface area contributed by atoms with Gasteiger partial charge in [-0.1, -0.05) is 22.0 Å². The molecule has 0 saturated carbocycles. The summed E-state index contributed by atoms with van der Waals surface area (Å²) in [6.07, 6.45) is -0.0832. The third-order valence-electron chi connectivity index (χ3n) is 3.10. The Balaban J connectivity index is 2.22. The Morgan fingerprint density at radius 2 is 2.39 bits per heavy atom. The third kappa shape index (κ3) is 3.23. The lowest BCUT2D eigenvalue weighted by atomic mass is 10.1. The molecular formula is C13H19BrN2O2. The highest BCUT2D eigenvalue weighted by atomic mass is 79.9. The number of morpholine rings is 1. The van der Waals surface area contributed by atoms with Crippen molar-refractivity contribution in [1.29, 1.82) is 0 Å². The normalized spacial score (nSPS) is 20.2. The van der Waals surface area contributed by atoms with Gasteiger partial charge in [0.2, 0.25) is 0 Å². The number of anilines is 1. The Hall–Kier alpha value is -0.620. The van der Waals surface area contributed by atoms with Gasteiger partial charge in [-0.05, 0) is 24.7 Å². The number of aliphatic hydroxyl groups is 1. The van der Waals surface area contributed by atoms with Crippen LogP contribution < -0.4 is 10.2 Å². The van der Waals surface area contributed by atoms with Crippen LogP contribution in [-0.2, 0) is 11.3 Å². The number of halogens is 1. The summed E-state index contributed by atoms with van der Waals surface area (Å²) in [5, 5.41) is 12.4. The molecule has 1 aliphatic heterocycles. The monoisotopic (exact) mass is 314 g/mol. The summed E-state index contributed by atoms with van der Waals surface area (Å²) in [4.78, 5) is 2.28. The quantitative estimate of drug-likeness (QED) is 0.881. The summed E-state index contributed by atoms with van der Waals surface area (Å²) < 4.78 is 6.56. The van der Waals surface area contributed by atoms with E-state index in [1.807, 2.05) is 7.05 Å². The molecule has 100 valence electrons. The summed E-state index contributed by atoms with van der Waals surface area (Å²) in [6, 6.07) is 6.31. The van der Waals surface area contributed by atoms with Crippen molar-refractivity contribution >= 4 is 21.6 Å². The average Bonchev–Trinajstić information content (AvgIpc) is 2.41. The Morgan fingerprint density at radius 1 is 1.56 bits per heavy atom. The van der Waals surface area contributed by atoms with Crippen molar-refractivity contribution in [3.05, 3.63) is 28.2 Å². The van der Waals surface area contributed by atoms with Gasteiger partial charge in [0, 0.05) is 29.8 Å². The van der Waals surface area contributed by atoms with Crippen LogP contribution in [0.2, 0.25) is 0 Å². The first-order valence-corrected chi connectivity index (χ1v) is 6.94. The SMILES string of the molecule is CNCc1ccc(Br)cc1N1CCOC(CO)C1. The molecule has 5 heteroatoms. The zero-order chi connectivity index (χ0) is 13.0. The second kappa shape index (κ2) is 6.52. The zero-order valence-corrected chi connectivity index (χ0v) is 12.1. The van der Waals surface area contributed by atoms with E-state index in [4.69, 9.17) is 4.74 Å². The van der Waals surface area contributed by atoms with Crippen LogP contribution in [0.5, 0.6) is 0 Å². The summed E-state index contributed by atoms with van der Waals surface area (Å²) in [5.74, 6) is 0. The van der Waals surface area contributed by atoms with E-state index in [-0.39, 0.29) is 12.7 Å². The minimum Gasteiger partial charge on any atom is -0.394 e. The molecule has 1 aromatic rings. The standard InChI is InChI=1S/C13H19BrN2O2/c1-15-7-10-2-3-11(14)6-13(10)16-4-5-18-12(8-16)9-17/h2-3,6,12,15,17H,4-5,7-9H2,1H3. The molecule has 2 N–H and O–H groups in total. The molecule has 1 unspecified atom stereocenters. The topological polar surface area (TPSA) is 44.7 Å². The fourth-order valence-corrected chi connectivity index (χ4v) is 2.57. The van der Waals surface area contributed by atoms with Gasteiger partial charge in [-0.2, -0.15) is 0 Å². The fraction of sp³-hybridized carbons (Fsp3) is 0.538. The lowest BCUT2D eigenvalue weighted by Crippen LogP contribution is -2.44. The highest BCUT2D eigenvalue weighted by Crippen LogP contribution is 2.26. The summed E-state index contributed by atoms with van der Waals surface area (Å²) in [5.41, 5.74) is 2.47. The molecule has 1 heterocycles. The molecule has 0 radical (unpaired) electrons. The van der Waals surface area contributed by atoms with Crippen LogP contribution in [0.25, 0.3) is 0 Å². The molecule has 0 aliphatic carbocycles. The maximum Gasteiger partial charge on any atom is 0.0980 e. The fourth-order valence-electron chi connectivity index (χ4n) is 2.22. The van der Waals surface area contributed by atoms with Crippen molar-refractivity contribution in [1.82, 2.24) is 5.32 Å². The maximum absolute atomic E-state index is 9.21. The van der Waals surface area contributed by atoms with Crippen molar-refractivity contribution in [2.75, 3.05) is 38.3 Å². The van der Waals surface area contributed by atoms with Gasteiger partial charge in [0.15, 0.2) is 0 Å². The summed E-state index contributed by atoms with van der Waals surface area (Å²) >= 11 is 3.52. The molecule has 1 saturated heterocycles. The molecule has 18 heavy (non-hydrogen) atoms. The molecule has 1 fully saturated rings. The average molecular weight is 315 g/mol. The molecule has 0 spiro atoms. The molecule has 0 amide bonds. The number of aliphatic hydroxyl groups excluding tert-OH is 1. The van der Waals surface area contributed by atoms with Crippen molar-refractivity contribution < 1.29 is 9.84 Å². The van der Waals surface area contributed by atoms with Crippen LogP contribution in [0.3, 0.4) is 0 Å². The molecule has 1 atom stereocenters. The van der Waals surface area contributed by atoms with E-state index in [1.165, 1.54) is 11.3 Å². The van der Waals surface area contributed by atoms with Gasteiger partial charge in [-0.25, -0.2) is 0 Å². The molecular weight excluding hydrogens is 296 g/mol. The molecule has 0 bridgehead atoms. The Labute approximate surface area is 116 Å². The highest BCUT2D eigenvalue weighted by Gasteiger charge is 2.21. The largest absolute Gasteiger partial charge is 0.394 e. The van der Waals surface area contributed by atoms with E-state index < -0.39 is 0 Å². The second-order valence-electron chi connectivity index (χ2n) is 4.42. The van der Waals surface area contributed by atoms with Crippen molar-refractivity contribution in [2.45, 2.75) is 12.6 Å². The predicted octanol–water partition coefficient (Wildman–Crippen LogP) is 1.37. The summed E-state index contributed by atoms with van der Waals surface area (Å²) in [6.45, 7) is 3.18. The van der Waals surface area contributed by atoms with E-state index in [0.29, 0.717) is 6.61 Å². The molecule has 2 rings (SSSR count). The van der Waals surface area contributed by atoms with Crippen molar-refractivity contribution in [3.8, 4) is 0 Å². The first-order chi connectivity index (χ1) is 8.74. The number of hydrogen-bond acceptors (Lipinski definition) is 4. The summed E-state index contributed by atoms with van der Waals surface area (Å²) in [7, 11) is 1.95. The lowest BCUT2D eigenvalue weighted by molar-refractivity contribution is 0.00352. The number of rotatable bonds is 4. The van der Waals surface area contributed by atoms with E-state index >= 15 is 0 Å². The van der Waals surface area contributed by atoms with E-state index in [0.717, 1.165) is 24.1 Å². The predicted molar refractivity (Wildman–Crippen MR) is 75.9 cm³/mol. The van der Waals surface area contributed by atoms with Gasteiger partial charge >= 0.3 is 0 Å². The molecule has 4 nitrogen and oxygen atoms in total. The van der Waals surface area contributed by atoms with Crippen LogP contribution in [-0.4, -0.2) is 44.6 Å². The maximum atomic E-state index is 9.21. The van der Waals surface area contributed by atoms with Crippen LogP contribution >= 0.6 is 15.9 Å². The van der Waals surface area contributed by atoms with Gasteiger partial charge in [0.1, 0.15) is 0 Å². The minimum absolute atomic E-state index is 0.0753. The van der Waals surface area contributed by atoms with Crippen LogP contribution in [0.4, 0.5) is 5.69 Å². The van der Waals surface area contributed by atoms with Crippen molar-refractivity contribution in [3.63, 3.8) is 0 Å². The Morgan fingerprint density at radius 3 is 3.11 bits per heavy atom. The molecule has 1 aliphatic rings. The number of benzene rings is 1. The van der Waals surface area contributed by atoms with E-state index in [2.05, 4.69) is 44.3 Å². The number of ether oxygens (including phenoxy) is 1. The highest BCUT2D eigenvalue weighted by molar-refractivity contribution is 9.10. The van der Waals surface area contributed by atoms with Gasteiger partial charge in [-0.3, -0.25) is 0 Å². The Kier molecular flexibility index (Phi) is 5.00. The van der Waals surface area contributed by atoms with Gasteiger partial charge in [0.05, 0.1) is 19.3 Å². The van der Waals surface area contributed by atoms with Gasteiger partial charge in [0.25, 0.3) is 0 Å². The second-order valence-corrected chi connectivity index (χ2v) is 5.34. The zero-order valence-electron chi connectivity index (χ0n) is 10.5. The number of hydrogen-bond donors (Lipinski definition) is 2. The Bertz CT molecular complexity index is 401. The van der Waals surface area contributed by atoms with Crippen LogP contribution in [0.15, 0.2) is 22.7 Å². The first kappa shape index (κ1) is 13.8. The molecule has 1 aromatic carbocycles. The number of nitrogens with one attached hydrogen (secondary N) is 1. The number of nitrogens with zero attached hydrogens (tertiary/aromatic N) is 1. The van der Waals surface area contributed by atoms with Gasteiger partial charge in [-0.15, -0.1) is 0 Å². The van der Waals surface area contributed by atoms with Gasteiger partial charge < -0.3 is 20.1 Å². The smallest absolute Gasteiger partial charge is 0.0980 e.